The second-order valence-electron chi connectivity index (χ2n) is 9.07. The van der Waals surface area contributed by atoms with E-state index in [9.17, 15) is 4.79 Å². The van der Waals surface area contributed by atoms with E-state index in [0.29, 0.717) is 6.04 Å². The molecule has 2 aliphatic rings. The van der Waals surface area contributed by atoms with Gasteiger partial charge in [0.15, 0.2) is 0 Å². The summed E-state index contributed by atoms with van der Waals surface area (Å²) in [6, 6.07) is 0.510. The first-order valence-electron chi connectivity index (χ1n) is 11.5. The zero-order chi connectivity index (χ0) is 18.9. The predicted molar refractivity (Wildman–Crippen MR) is 115 cm³/mol. The molecule has 1 heterocycles. The molecule has 0 saturated heterocycles. The smallest absolute Gasteiger partial charge is 0.221 e. The molecular formula is C22H38BN3O. The van der Waals surface area contributed by atoms with E-state index < -0.39 is 0 Å². The van der Waals surface area contributed by atoms with Gasteiger partial charge in [-0.2, -0.15) is 5.10 Å². The third-order valence-electron chi connectivity index (χ3n) is 6.75. The molecule has 1 amide bonds. The quantitative estimate of drug-likeness (QED) is 0.671. The summed E-state index contributed by atoms with van der Waals surface area (Å²) < 4.78 is 2.08. The van der Waals surface area contributed by atoms with Gasteiger partial charge in [0, 0.05) is 13.1 Å². The van der Waals surface area contributed by atoms with Crippen LogP contribution in [0.2, 0.25) is 11.6 Å². The van der Waals surface area contributed by atoms with Gasteiger partial charge in [-0.1, -0.05) is 88.7 Å². The Bertz CT molecular complexity index is 554. The second-order valence-corrected chi connectivity index (χ2v) is 9.07. The van der Waals surface area contributed by atoms with Gasteiger partial charge in [-0.3, -0.25) is 9.48 Å². The summed E-state index contributed by atoms with van der Waals surface area (Å²) >= 11 is 0. The average molecular weight is 371 g/mol. The molecule has 0 spiro atoms. The first-order valence-corrected chi connectivity index (χ1v) is 11.5. The molecule has 0 aliphatic heterocycles. The van der Waals surface area contributed by atoms with Crippen LogP contribution in [-0.2, 0) is 4.79 Å². The zero-order valence-corrected chi connectivity index (χ0v) is 17.3. The van der Waals surface area contributed by atoms with E-state index in [1.807, 2.05) is 6.20 Å². The molecule has 150 valence electrons. The highest BCUT2D eigenvalue weighted by atomic mass is 16.1. The molecule has 2 fully saturated rings. The Labute approximate surface area is 166 Å². The minimum Gasteiger partial charge on any atom is -0.324 e. The number of amides is 1. The Balaban J connectivity index is 1.43. The summed E-state index contributed by atoms with van der Waals surface area (Å²) in [7, 11) is 1.46. The van der Waals surface area contributed by atoms with E-state index in [2.05, 4.69) is 15.1 Å². The minimum absolute atomic E-state index is 0.0281. The number of rotatable bonds is 4. The summed E-state index contributed by atoms with van der Waals surface area (Å²) in [5.74, 6) is 1.86. The van der Waals surface area contributed by atoms with Gasteiger partial charge in [-0.05, 0) is 12.8 Å². The Hall–Kier alpha value is -1.26. The van der Waals surface area contributed by atoms with Gasteiger partial charge in [-0.15, -0.1) is 0 Å². The summed E-state index contributed by atoms with van der Waals surface area (Å²) in [6.07, 6.45) is 23.5. The van der Waals surface area contributed by atoms with Crippen molar-refractivity contribution < 1.29 is 4.79 Å². The summed E-state index contributed by atoms with van der Waals surface area (Å²) in [5, 5.41) is 7.32. The normalized spacial score (nSPS) is 26.1. The summed E-state index contributed by atoms with van der Waals surface area (Å²) in [5.41, 5.74) is 0.821. The lowest BCUT2D eigenvalue weighted by Crippen LogP contribution is -2.21. The van der Waals surface area contributed by atoms with Crippen LogP contribution in [0.15, 0.2) is 12.4 Å². The van der Waals surface area contributed by atoms with E-state index in [-0.39, 0.29) is 5.91 Å². The van der Waals surface area contributed by atoms with Crippen molar-refractivity contribution in [2.45, 2.75) is 114 Å². The van der Waals surface area contributed by atoms with Crippen LogP contribution >= 0.6 is 0 Å². The molecule has 3 rings (SSSR count). The highest BCUT2D eigenvalue weighted by Gasteiger charge is 2.26. The average Bonchev–Trinajstić information content (AvgIpc) is 3.08. The van der Waals surface area contributed by atoms with Crippen LogP contribution in [0.1, 0.15) is 103 Å². The Morgan fingerprint density at radius 1 is 0.926 bits per heavy atom. The summed E-state index contributed by atoms with van der Waals surface area (Å²) in [6.45, 7) is 1.55. The van der Waals surface area contributed by atoms with Crippen molar-refractivity contribution in [2.24, 2.45) is 0 Å². The lowest BCUT2D eigenvalue weighted by Gasteiger charge is -2.30. The molecule has 1 aromatic heterocycles. The maximum atomic E-state index is 11.2. The second kappa shape index (κ2) is 10.9. The standard InChI is InChI=1S/C22H38BN3O/c1-18(27)25-21-16-24-26(17-21)22-14-12-20(13-15-22)23-19-10-8-6-4-2-3-5-7-9-11-19/h16-17,19-20,22-23H,2-15H2,1H3,(H,25,27). The maximum Gasteiger partial charge on any atom is 0.221 e. The number of anilines is 1. The maximum absolute atomic E-state index is 11.2. The largest absolute Gasteiger partial charge is 0.324 e. The Morgan fingerprint density at radius 2 is 1.48 bits per heavy atom. The molecular weight excluding hydrogens is 333 g/mol. The van der Waals surface area contributed by atoms with Crippen molar-refractivity contribution >= 4 is 18.9 Å². The van der Waals surface area contributed by atoms with E-state index in [4.69, 9.17) is 0 Å². The Morgan fingerprint density at radius 3 is 2.07 bits per heavy atom. The predicted octanol–water partition coefficient (Wildman–Crippen LogP) is 5.88. The fourth-order valence-corrected chi connectivity index (χ4v) is 5.23. The molecule has 27 heavy (non-hydrogen) atoms. The number of aromatic nitrogens is 2. The van der Waals surface area contributed by atoms with Crippen LogP contribution in [0, 0.1) is 0 Å². The minimum atomic E-state index is -0.0281. The highest BCUT2D eigenvalue weighted by molar-refractivity contribution is 6.39. The van der Waals surface area contributed by atoms with Gasteiger partial charge in [0.1, 0.15) is 7.28 Å². The van der Waals surface area contributed by atoms with Crippen LogP contribution in [-0.4, -0.2) is 23.0 Å². The van der Waals surface area contributed by atoms with Gasteiger partial charge >= 0.3 is 0 Å². The molecule has 0 atom stereocenters. The molecule has 0 bridgehead atoms. The van der Waals surface area contributed by atoms with Gasteiger partial charge in [-0.25, -0.2) is 0 Å². The van der Waals surface area contributed by atoms with Crippen molar-refractivity contribution in [3.8, 4) is 0 Å². The third kappa shape index (κ3) is 7.01. The van der Waals surface area contributed by atoms with E-state index in [0.717, 1.165) is 17.3 Å². The van der Waals surface area contributed by atoms with Crippen LogP contribution in [0.3, 0.4) is 0 Å². The zero-order valence-electron chi connectivity index (χ0n) is 17.3. The van der Waals surface area contributed by atoms with Crippen molar-refractivity contribution in [3.05, 3.63) is 12.4 Å². The van der Waals surface area contributed by atoms with Gasteiger partial charge in [0.05, 0.1) is 17.9 Å². The van der Waals surface area contributed by atoms with Crippen molar-refractivity contribution in [1.82, 2.24) is 9.78 Å². The molecule has 0 unspecified atom stereocenters. The monoisotopic (exact) mass is 371 g/mol. The molecule has 1 N–H and O–H groups in total. The first-order chi connectivity index (χ1) is 13.2. The van der Waals surface area contributed by atoms with E-state index in [1.54, 1.807) is 13.1 Å². The highest BCUT2D eigenvalue weighted by Crippen LogP contribution is 2.38. The van der Waals surface area contributed by atoms with Crippen LogP contribution < -0.4 is 5.32 Å². The van der Waals surface area contributed by atoms with Crippen molar-refractivity contribution in [1.29, 1.82) is 0 Å². The molecule has 1 aromatic rings. The lowest BCUT2D eigenvalue weighted by molar-refractivity contribution is -0.114. The SMILES string of the molecule is CC(=O)Nc1cnn(C2CCC(BC3CCCCCCCCCC3)CC2)c1. The summed E-state index contributed by atoms with van der Waals surface area (Å²) in [4.78, 5) is 11.2. The number of hydrogen-bond donors (Lipinski definition) is 1. The molecule has 0 radical (unpaired) electrons. The van der Waals surface area contributed by atoms with E-state index in [1.165, 1.54) is 97.2 Å². The fourth-order valence-electron chi connectivity index (χ4n) is 5.23. The third-order valence-corrected chi connectivity index (χ3v) is 6.75. The van der Waals surface area contributed by atoms with Crippen LogP contribution in [0.25, 0.3) is 0 Å². The van der Waals surface area contributed by atoms with Crippen LogP contribution in [0.4, 0.5) is 5.69 Å². The molecule has 0 aromatic carbocycles. The number of nitrogens with zero attached hydrogens (tertiary/aromatic N) is 2. The number of nitrogens with one attached hydrogen (secondary N) is 1. The molecule has 4 nitrogen and oxygen atoms in total. The van der Waals surface area contributed by atoms with Gasteiger partial charge in [0.2, 0.25) is 5.91 Å². The van der Waals surface area contributed by atoms with Crippen molar-refractivity contribution in [3.63, 3.8) is 0 Å². The van der Waals surface area contributed by atoms with E-state index >= 15 is 0 Å². The van der Waals surface area contributed by atoms with Gasteiger partial charge in [0.25, 0.3) is 0 Å². The Kier molecular flexibility index (Phi) is 8.28. The lowest BCUT2D eigenvalue weighted by atomic mass is 9.49. The number of carbonyl (C=O) groups excluding carboxylic acids is 1. The van der Waals surface area contributed by atoms with Crippen LogP contribution in [0.5, 0.6) is 0 Å². The van der Waals surface area contributed by atoms with Crippen molar-refractivity contribution in [2.75, 3.05) is 5.32 Å². The number of hydrogen-bond acceptors (Lipinski definition) is 2. The topological polar surface area (TPSA) is 46.9 Å². The molecule has 2 aliphatic carbocycles. The van der Waals surface area contributed by atoms with Gasteiger partial charge < -0.3 is 5.32 Å². The fraction of sp³-hybridized carbons (Fsp3) is 0.818. The molecule has 5 heteroatoms. The molecule has 2 saturated carbocycles. The first kappa shape index (κ1) is 20.5. The number of carbonyl (C=O) groups is 1.